The van der Waals surface area contributed by atoms with E-state index < -0.39 is 47.0 Å². The van der Waals surface area contributed by atoms with Gasteiger partial charge in [0.15, 0.2) is 0 Å². The number of aryl methyl sites for hydroxylation is 1. The first-order valence-corrected chi connectivity index (χ1v) is 19.5. The van der Waals surface area contributed by atoms with Gasteiger partial charge in [0.2, 0.25) is 0 Å². The van der Waals surface area contributed by atoms with E-state index in [0.29, 0.717) is 35.9 Å². The molecule has 57 heavy (non-hydrogen) atoms. The Kier molecular flexibility index (Phi) is 23.2. The first-order chi connectivity index (χ1) is 27.4. The van der Waals surface area contributed by atoms with Gasteiger partial charge in [0.05, 0.1) is 81.0 Å². The number of azo groups is 1. The Bertz CT molecular complexity index is 1680. The van der Waals surface area contributed by atoms with Crippen molar-refractivity contribution >= 4 is 47.0 Å². The van der Waals surface area contributed by atoms with Crippen molar-refractivity contribution in [2.24, 2.45) is 28.0 Å². The number of hydrogen-bond donors (Lipinski definition) is 2. The number of nitriles is 2. The van der Waals surface area contributed by atoms with Crippen LogP contribution in [0.5, 0.6) is 0 Å². The quantitative estimate of drug-likeness (QED) is 0.0419. The van der Waals surface area contributed by atoms with E-state index in [-0.39, 0.29) is 71.9 Å². The maximum atomic E-state index is 12.4. The lowest BCUT2D eigenvalue weighted by Crippen LogP contribution is -2.32. The molecule has 1 aromatic carbocycles. The van der Waals surface area contributed by atoms with E-state index >= 15 is 0 Å². The number of benzene rings is 1. The second-order valence-corrected chi connectivity index (χ2v) is 13.9. The predicted molar refractivity (Wildman–Crippen MR) is 211 cm³/mol. The van der Waals surface area contributed by atoms with E-state index in [9.17, 15) is 34.8 Å². The number of carbonyl (C=O) groups is 4. The highest BCUT2D eigenvalue weighted by Gasteiger charge is 2.34. The number of carbonyl (C=O) groups excluding carboxylic acids is 2. The normalized spacial score (nSPS) is 16.5. The molecule has 0 aliphatic carbocycles. The number of anilines is 1. The van der Waals surface area contributed by atoms with Gasteiger partial charge >= 0.3 is 23.9 Å². The molecule has 2 N–H and O–H groups in total. The molecular weight excluding hydrogens is 759 g/mol. The number of carboxylic acid groups (broad SMARTS) is 2. The fraction of sp³-hybridized carbons (Fsp3) is 0.550. The molecule has 4 atom stereocenters. The largest absolute Gasteiger partial charge is 0.481 e. The first-order valence-electron chi connectivity index (χ1n) is 18.6. The van der Waals surface area contributed by atoms with Gasteiger partial charge in [-0.3, -0.25) is 19.2 Å². The number of esters is 2. The molecule has 1 aliphatic rings. The summed E-state index contributed by atoms with van der Waals surface area (Å²) < 4.78 is 27.4. The molecule has 0 radical (unpaired) electrons. The van der Waals surface area contributed by atoms with Crippen molar-refractivity contribution in [1.29, 1.82) is 10.5 Å². The number of hydrogen-bond acceptors (Lipinski definition) is 15. The minimum absolute atomic E-state index is 0.00830. The summed E-state index contributed by atoms with van der Waals surface area (Å²) >= 11 is 1.23. The molecule has 16 nitrogen and oxygen atoms in total. The Morgan fingerprint density at radius 3 is 2.02 bits per heavy atom. The summed E-state index contributed by atoms with van der Waals surface area (Å²) in [5.41, 5.74) is 2.99. The zero-order chi connectivity index (χ0) is 42.0. The van der Waals surface area contributed by atoms with Gasteiger partial charge in [0, 0.05) is 18.8 Å². The van der Waals surface area contributed by atoms with Crippen molar-refractivity contribution in [3.05, 3.63) is 58.5 Å². The van der Waals surface area contributed by atoms with Gasteiger partial charge in [-0.1, -0.05) is 36.1 Å². The standard InChI is InChI=1S/C40H53N5O11S/c1-5-7-9-30(39(49)50)25-37(48)55-21-19-54-18-17-52-15-13-45(14-16-53-20-22-56-40(51)31(10-8-6-2)24-36(46)47)32-11-12-34(28(3)23-32)43-44-38-33(26-41)29(4)35(27-42)57-38/h5-8,11-12,23,30-31,33,38H,9-10,13-22,24-25H2,1-4H3,(H,46,47)(H,49,50)/b7-5+,8-6+,44-43+. The topological polar surface area (TPSA) is 230 Å². The second-order valence-electron chi connectivity index (χ2n) is 12.8. The lowest BCUT2D eigenvalue weighted by Gasteiger charge is -2.25. The number of nitrogens with zero attached hydrogens (tertiary/aromatic N) is 5. The van der Waals surface area contributed by atoms with Crippen molar-refractivity contribution < 1.29 is 53.1 Å². The van der Waals surface area contributed by atoms with Crippen LogP contribution in [0.4, 0.5) is 11.4 Å². The number of aliphatic carboxylic acids is 2. The predicted octanol–water partition coefficient (Wildman–Crippen LogP) is 6.15. The van der Waals surface area contributed by atoms with E-state index in [4.69, 9.17) is 28.8 Å². The molecule has 0 saturated carbocycles. The van der Waals surface area contributed by atoms with Crippen LogP contribution in [0.3, 0.4) is 0 Å². The Morgan fingerprint density at radius 1 is 0.860 bits per heavy atom. The third kappa shape index (κ3) is 18.2. The molecule has 0 bridgehead atoms. The summed E-state index contributed by atoms with van der Waals surface area (Å²) in [4.78, 5) is 49.5. The van der Waals surface area contributed by atoms with Crippen molar-refractivity contribution in [2.75, 3.05) is 70.8 Å². The number of allylic oxidation sites excluding steroid dienone is 5. The molecule has 310 valence electrons. The minimum Gasteiger partial charge on any atom is -0.481 e. The third-order valence-corrected chi connectivity index (χ3v) is 9.85. The maximum Gasteiger partial charge on any atom is 0.309 e. The summed E-state index contributed by atoms with van der Waals surface area (Å²) in [5, 5.41) is 45.7. The molecule has 4 unspecified atom stereocenters. The number of rotatable bonds is 28. The van der Waals surface area contributed by atoms with Crippen LogP contribution >= 0.6 is 11.8 Å². The highest BCUT2D eigenvalue weighted by Crippen LogP contribution is 2.42. The van der Waals surface area contributed by atoms with Gasteiger partial charge in [-0.05, 0) is 69.9 Å². The summed E-state index contributed by atoms with van der Waals surface area (Å²) in [6.07, 6.45) is 6.87. The highest BCUT2D eigenvalue weighted by molar-refractivity contribution is 8.04. The summed E-state index contributed by atoms with van der Waals surface area (Å²) in [7, 11) is 0. The SMILES string of the molecule is C/C=C/CC(CC(=O)OCCOCCOCCN(CCOCCOC(=O)C(C/C=C/C)CC(=O)O)c1ccc(/N=N/C2SC(C#N)=C(C)C2C#N)c(C)c1)C(=O)O. The molecule has 1 heterocycles. The Labute approximate surface area is 338 Å². The smallest absolute Gasteiger partial charge is 0.309 e. The Hall–Kier alpha value is -5.07. The average molecular weight is 812 g/mol. The Balaban J connectivity index is 1.92. The second kappa shape index (κ2) is 27.5. The van der Waals surface area contributed by atoms with Crippen LogP contribution < -0.4 is 4.90 Å². The summed E-state index contributed by atoms with van der Waals surface area (Å²) in [6, 6.07) is 9.98. The van der Waals surface area contributed by atoms with E-state index in [1.807, 2.05) is 30.0 Å². The van der Waals surface area contributed by atoms with Gasteiger partial charge in [-0.15, -0.1) is 0 Å². The van der Waals surface area contributed by atoms with Crippen LogP contribution in [0.1, 0.15) is 52.0 Å². The van der Waals surface area contributed by atoms with Crippen LogP contribution in [0.25, 0.3) is 0 Å². The monoisotopic (exact) mass is 811 g/mol. The molecule has 1 aliphatic heterocycles. The van der Waals surface area contributed by atoms with Gasteiger partial charge in [0.25, 0.3) is 0 Å². The molecule has 1 aromatic rings. The molecule has 2 rings (SSSR count). The summed E-state index contributed by atoms with van der Waals surface area (Å²) in [6.45, 7) is 9.48. The molecule has 17 heteroatoms. The third-order valence-electron chi connectivity index (χ3n) is 8.59. The van der Waals surface area contributed by atoms with E-state index in [2.05, 4.69) is 22.4 Å². The maximum absolute atomic E-state index is 12.4. The van der Waals surface area contributed by atoms with Gasteiger partial charge < -0.3 is 38.8 Å². The van der Waals surface area contributed by atoms with Gasteiger partial charge in [0.1, 0.15) is 30.6 Å². The average Bonchev–Trinajstić information content (AvgIpc) is 3.50. The highest BCUT2D eigenvalue weighted by atomic mass is 32.2. The van der Waals surface area contributed by atoms with Crippen molar-refractivity contribution in [2.45, 2.75) is 58.8 Å². The fourth-order valence-electron chi connectivity index (χ4n) is 5.35. The molecule has 0 aromatic heterocycles. The van der Waals surface area contributed by atoms with Crippen molar-refractivity contribution in [3.63, 3.8) is 0 Å². The molecule has 0 fully saturated rings. The number of carboxylic acids is 2. The summed E-state index contributed by atoms with van der Waals surface area (Å²) in [5.74, 6) is -5.48. The van der Waals surface area contributed by atoms with E-state index in [1.165, 1.54) is 11.8 Å². The lowest BCUT2D eigenvalue weighted by atomic mass is 10.0. The molecule has 0 saturated heterocycles. The van der Waals surface area contributed by atoms with Gasteiger partial charge in [-0.2, -0.15) is 20.8 Å². The molecular formula is C40H53N5O11S. The van der Waals surface area contributed by atoms with E-state index in [1.54, 1.807) is 45.1 Å². The van der Waals surface area contributed by atoms with Crippen LogP contribution in [0.2, 0.25) is 0 Å². The molecule has 0 amide bonds. The zero-order valence-electron chi connectivity index (χ0n) is 33.0. The van der Waals surface area contributed by atoms with Gasteiger partial charge in [-0.25, -0.2) is 0 Å². The zero-order valence-corrected chi connectivity index (χ0v) is 33.8. The van der Waals surface area contributed by atoms with Crippen molar-refractivity contribution in [3.8, 4) is 12.1 Å². The van der Waals surface area contributed by atoms with Crippen molar-refractivity contribution in [1.82, 2.24) is 0 Å². The van der Waals surface area contributed by atoms with Crippen LogP contribution in [-0.2, 0) is 42.9 Å². The minimum atomic E-state index is -1.08. The van der Waals surface area contributed by atoms with Crippen LogP contribution in [0.15, 0.2) is 63.2 Å². The first kappa shape index (κ1) is 48.1. The number of thioether (sulfide) groups is 1. The lowest BCUT2D eigenvalue weighted by molar-refractivity contribution is -0.154. The van der Waals surface area contributed by atoms with Crippen LogP contribution in [0, 0.1) is 47.3 Å². The number of ether oxygens (including phenoxy) is 5. The van der Waals surface area contributed by atoms with Crippen LogP contribution in [-0.4, -0.2) is 105 Å². The Morgan fingerprint density at radius 2 is 1.46 bits per heavy atom. The fourth-order valence-corrected chi connectivity index (χ4v) is 6.46. The van der Waals surface area contributed by atoms with E-state index in [0.717, 1.165) is 11.3 Å². The molecule has 0 spiro atoms.